The van der Waals surface area contributed by atoms with Crippen LogP contribution in [-0.4, -0.2) is 30.4 Å². The van der Waals surface area contributed by atoms with Crippen LogP contribution in [0.3, 0.4) is 0 Å². The summed E-state index contributed by atoms with van der Waals surface area (Å²) in [6, 6.07) is 8.15. The van der Waals surface area contributed by atoms with Crippen LogP contribution < -0.4 is 5.32 Å². The highest BCUT2D eigenvalue weighted by Crippen LogP contribution is 2.31. The molecule has 0 unspecified atom stereocenters. The summed E-state index contributed by atoms with van der Waals surface area (Å²) in [7, 11) is 3.89. The number of rotatable bonds is 5. The van der Waals surface area contributed by atoms with Gasteiger partial charge in [-0.25, -0.2) is 0 Å². The van der Waals surface area contributed by atoms with Gasteiger partial charge in [0.2, 0.25) is 5.91 Å². The molecule has 0 bridgehead atoms. The van der Waals surface area contributed by atoms with Gasteiger partial charge in [-0.1, -0.05) is 47.3 Å². The van der Waals surface area contributed by atoms with Crippen molar-refractivity contribution in [2.24, 2.45) is 0 Å². The van der Waals surface area contributed by atoms with E-state index in [-0.39, 0.29) is 11.4 Å². The minimum absolute atomic E-state index is 0.0172. The van der Waals surface area contributed by atoms with Gasteiger partial charge in [0, 0.05) is 30.0 Å². The molecule has 0 radical (unpaired) electrons. The van der Waals surface area contributed by atoms with E-state index in [1.807, 2.05) is 31.1 Å². The standard InChI is InChI=1S/C17H25BrN2O/c1-19-17(10-4-3-5-11-17)12-16(21)20(2)13-14-6-8-15(18)9-7-14/h6-9,19H,3-5,10-13H2,1-2H3. The fourth-order valence-electron chi connectivity index (χ4n) is 3.12. The lowest BCUT2D eigenvalue weighted by Gasteiger charge is -2.37. The Hall–Kier alpha value is -0.870. The number of carbonyl (C=O) groups excluding carboxylic acids is 1. The maximum absolute atomic E-state index is 12.5. The van der Waals surface area contributed by atoms with Gasteiger partial charge in [-0.05, 0) is 37.6 Å². The van der Waals surface area contributed by atoms with E-state index in [2.05, 4.69) is 33.4 Å². The normalized spacial score (nSPS) is 17.5. The summed E-state index contributed by atoms with van der Waals surface area (Å²) in [6.07, 6.45) is 6.58. The van der Waals surface area contributed by atoms with Crippen molar-refractivity contribution in [2.75, 3.05) is 14.1 Å². The first-order chi connectivity index (χ1) is 10.0. The molecule has 1 aromatic carbocycles. The molecule has 1 saturated carbocycles. The Morgan fingerprint density at radius 2 is 1.86 bits per heavy atom. The van der Waals surface area contributed by atoms with E-state index >= 15 is 0 Å². The topological polar surface area (TPSA) is 32.3 Å². The number of amides is 1. The van der Waals surface area contributed by atoms with Crippen LogP contribution in [0.15, 0.2) is 28.7 Å². The van der Waals surface area contributed by atoms with E-state index in [0.717, 1.165) is 22.9 Å². The minimum Gasteiger partial charge on any atom is -0.341 e. The molecule has 0 spiro atoms. The van der Waals surface area contributed by atoms with E-state index in [1.165, 1.54) is 19.3 Å². The molecule has 21 heavy (non-hydrogen) atoms. The molecular formula is C17H25BrN2O. The van der Waals surface area contributed by atoms with Crippen LogP contribution in [0.1, 0.15) is 44.1 Å². The van der Waals surface area contributed by atoms with Gasteiger partial charge in [0.05, 0.1) is 0 Å². The number of carbonyl (C=O) groups is 1. The van der Waals surface area contributed by atoms with Crippen LogP contribution in [0.4, 0.5) is 0 Å². The van der Waals surface area contributed by atoms with Crippen molar-refractivity contribution in [2.45, 2.75) is 50.6 Å². The fourth-order valence-corrected chi connectivity index (χ4v) is 3.38. The molecule has 116 valence electrons. The number of hydrogen-bond donors (Lipinski definition) is 1. The summed E-state index contributed by atoms with van der Waals surface area (Å²) in [5.41, 5.74) is 1.18. The minimum atomic E-state index is 0.0172. The zero-order valence-corrected chi connectivity index (χ0v) is 14.6. The van der Waals surface area contributed by atoms with Crippen LogP contribution in [-0.2, 0) is 11.3 Å². The number of nitrogens with zero attached hydrogens (tertiary/aromatic N) is 1. The third kappa shape index (κ3) is 4.55. The highest BCUT2D eigenvalue weighted by atomic mass is 79.9. The van der Waals surface area contributed by atoms with Gasteiger partial charge >= 0.3 is 0 Å². The molecule has 1 aliphatic carbocycles. The van der Waals surface area contributed by atoms with Gasteiger partial charge in [-0.15, -0.1) is 0 Å². The third-order valence-electron chi connectivity index (χ3n) is 4.59. The first-order valence-electron chi connectivity index (χ1n) is 7.72. The maximum Gasteiger partial charge on any atom is 0.224 e. The Bertz CT molecular complexity index is 466. The fraction of sp³-hybridized carbons (Fsp3) is 0.588. The molecule has 1 N–H and O–H groups in total. The van der Waals surface area contributed by atoms with Crippen LogP contribution in [0, 0.1) is 0 Å². The van der Waals surface area contributed by atoms with E-state index in [1.54, 1.807) is 0 Å². The lowest BCUT2D eigenvalue weighted by molar-refractivity contribution is -0.132. The summed E-state index contributed by atoms with van der Waals surface area (Å²) >= 11 is 3.43. The third-order valence-corrected chi connectivity index (χ3v) is 5.12. The van der Waals surface area contributed by atoms with Crippen LogP contribution in [0.25, 0.3) is 0 Å². The second-order valence-corrected chi connectivity index (χ2v) is 7.06. The van der Waals surface area contributed by atoms with Gasteiger partial charge in [0.25, 0.3) is 0 Å². The van der Waals surface area contributed by atoms with Crippen molar-refractivity contribution >= 4 is 21.8 Å². The lowest BCUT2D eigenvalue weighted by atomic mass is 9.79. The van der Waals surface area contributed by atoms with Gasteiger partial charge in [-0.3, -0.25) is 4.79 Å². The molecule has 0 atom stereocenters. The first-order valence-corrected chi connectivity index (χ1v) is 8.51. The van der Waals surface area contributed by atoms with E-state index in [9.17, 15) is 4.79 Å². The molecule has 1 aromatic rings. The zero-order chi connectivity index (χ0) is 15.3. The summed E-state index contributed by atoms with van der Waals surface area (Å²) in [5, 5.41) is 3.42. The Morgan fingerprint density at radius 3 is 2.43 bits per heavy atom. The molecule has 1 aliphatic rings. The summed E-state index contributed by atoms with van der Waals surface area (Å²) in [5.74, 6) is 0.231. The number of benzene rings is 1. The average molecular weight is 353 g/mol. The molecular weight excluding hydrogens is 328 g/mol. The molecule has 0 saturated heterocycles. The summed E-state index contributed by atoms with van der Waals surface area (Å²) in [6.45, 7) is 0.673. The quantitative estimate of drug-likeness (QED) is 0.875. The molecule has 2 rings (SSSR count). The Kier molecular flexibility index (Phi) is 5.82. The van der Waals surface area contributed by atoms with Crippen molar-refractivity contribution < 1.29 is 4.79 Å². The van der Waals surface area contributed by atoms with Gasteiger partial charge < -0.3 is 10.2 Å². The highest BCUT2D eigenvalue weighted by Gasteiger charge is 2.33. The molecule has 3 nitrogen and oxygen atoms in total. The van der Waals surface area contributed by atoms with Crippen molar-refractivity contribution in [3.05, 3.63) is 34.3 Å². The Balaban J connectivity index is 1.93. The monoisotopic (exact) mass is 352 g/mol. The molecule has 0 heterocycles. The molecule has 0 aromatic heterocycles. The predicted octanol–water partition coefficient (Wildman–Crippen LogP) is 3.72. The van der Waals surface area contributed by atoms with E-state index in [0.29, 0.717) is 13.0 Å². The predicted molar refractivity (Wildman–Crippen MR) is 90.1 cm³/mol. The highest BCUT2D eigenvalue weighted by molar-refractivity contribution is 9.10. The number of hydrogen-bond acceptors (Lipinski definition) is 2. The lowest BCUT2D eigenvalue weighted by Crippen LogP contribution is -2.48. The van der Waals surface area contributed by atoms with Crippen molar-refractivity contribution in [1.82, 2.24) is 10.2 Å². The van der Waals surface area contributed by atoms with Crippen molar-refractivity contribution in [3.63, 3.8) is 0 Å². The molecule has 0 aliphatic heterocycles. The largest absolute Gasteiger partial charge is 0.341 e. The first kappa shape index (κ1) is 16.5. The van der Waals surface area contributed by atoms with Gasteiger partial charge in [0.15, 0.2) is 0 Å². The summed E-state index contributed by atoms with van der Waals surface area (Å²) in [4.78, 5) is 14.4. The van der Waals surface area contributed by atoms with Crippen molar-refractivity contribution in [1.29, 1.82) is 0 Å². The summed E-state index contributed by atoms with van der Waals surface area (Å²) < 4.78 is 1.07. The molecule has 1 fully saturated rings. The zero-order valence-electron chi connectivity index (χ0n) is 13.0. The average Bonchev–Trinajstić information content (AvgIpc) is 2.50. The van der Waals surface area contributed by atoms with Gasteiger partial charge in [0.1, 0.15) is 0 Å². The van der Waals surface area contributed by atoms with Gasteiger partial charge in [-0.2, -0.15) is 0 Å². The number of nitrogens with one attached hydrogen (secondary N) is 1. The Morgan fingerprint density at radius 1 is 1.24 bits per heavy atom. The maximum atomic E-state index is 12.5. The van der Waals surface area contributed by atoms with E-state index < -0.39 is 0 Å². The SMILES string of the molecule is CNC1(CC(=O)N(C)Cc2ccc(Br)cc2)CCCCC1. The Labute approximate surface area is 136 Å². The molecule has 1 amide bonds. The second kappa shape index (κ2) is 7.41. The molecule has 4 heteroatoms. The van der Waals surface area contributed by atoms with Crippen LogP contribution in [0.2, 0.25) is 0 Å². The van der Waals surface area contributed by atoms with Crippen LogP contribution in [0.5, 0.6) is 0 Å². The van der Waals surface area contributed by atoms with E-state index in [4.69, 9.17) is 0 Å². The van der Waals surface area contributed by atoms with Crippen molar-refractivity contribution in [3.8, 4) is 0 Å². The van der Waals surface area contributed by atoms with Crippen LogP contribution >= 0.6 is 15.9 Å². The smallest absolute Gasteiger partial charge is 0.224 e. The second-order valence-electron chi connectivity index (χ2n) is 6.14. The number of halogens is 1.